The van der Waals surface area contributed by atoms with Crippen molar-refractivity contribution in [2.24, 2.45) is 0 Å². The van der Waals surface area contributed by atoms with Gasteiger partial charge in [-0.2, -0.15) is 0 Å². The van der Waals surface area contributed by atoms with Gasteiger partial charge in [-0.05, 0) is 25.1 Å². The Morgan fingerprint density at radius 3 is 2.85 bits per heavy atom. The van der Waals surface area contributed by atoms with Crippen LogP contribution >= 0.6 is 12.2 Å². The van der Waals surface area contributed by atoms with E-state index in [1.54, 1.807) is 0 Å². The molecule has 5 heteroatoms. The highest BCUT2D eigenvalue weighted by Crippen LogP contribution is 2.09. The highest BCUT2D eigenvalue weighted by Gasteiger charge is 2.23. The molecule has 2 heterocycles. The number of hydrogen-bond acceptors (Lipinski definition) is 2. The van der Waals surface area contributed by atoms with Crippen molar-refractivity contribution in [3.05, 3.63) is 0 Å². The van der Waals surface area contributed by atoms with E-state index >= 15 is 0 Å². The van der Waals surface area contributed by atoms with E-state index in [0.717, 1.165) is 31.6 Å². The second-order valence-corrected chi connectivity index (χ2v) is 4.03. The molecule has 0 saturated carbocycles. The molecule has 0 bridgehead atoms. The van der Waals surface area contributed by atoms with E-state index in [0.29, 0.717) is 6.10 Å². The van der Waals surface area contributed by atoms with Crippen LogP contribution in [0.25, 0.3) is 0 Å². The topological polar surface area (TPSA) is 37.7 Å². The first-order valence-corrected chi connectivity index (χ1v) is 5.22. The second kappa shape index (κ2) is 4.21. The molecule has 0 radical (unpaired) electrons. The molecule has 0 spiro atoms. The van der Waals surface area contributed by atoms with Crippen molar-refractivity contribution in [3.8, 4) is 0 Å². The summed E-state index contributed by atoms with van der Waals surface area (Å²) in [5, 5.41) is 7.04. The second-order valence-electron chi connectivity index (χ2n) is 3.63. The number of quaternary nitrogens is 1. The van der Waals surface area contributed by atoms with Crippen molar-refractivity contribution in [2.75, 3.05) is 26.5 Å². The lowest BCUT2D eigenvalue weighted by molar-refractivity contribution is -0.909. The maximum Gasteiger partial charge on any atom is 0.174 e. The zero-order chi connectivity index (χ0) is 9.10. The van der Waals surface area contributed by atoms with Crippen LogP contribution in [0.3, 0.4) is 0 Å². The minimum Gasteiger partial charge on any atom is -0.372 e. The molecular formula is C8H16N3OS+. The van der Waals surface area contributed by atoms with Crippen LogP contribution < -0.4 is 15.5 Å². The van der Waals surface area contributed by atoms with Crippen molar-refractivity contribution in [3.63, 3.8) is 0 Å². The molecule has 2 aliphatic rings. The molecule has 0 amide bonds. The molecule has 3 N–H and O–H groups in total. The first kappa shape index (κ1) is 9.18. The summed E-state index contributed by atoms with van der Waals surface area (Å²) in [6.07, 6.45) is 2.90. The molecular weight excluding hydrogens is 186 g/mol. The summed E-state index contributed by atoms with van der Waals surface area (Å²) in [5.41, 5.74) is 0. The zero-order valence-electron chi connectivity index (χ0n) is 7.64. The predicted molar refractivity (Wildman–Crippen MR) is 53.4 cm³/mol. The molecule has 0 aliphatic carbocycles. The quantitative estimate of drug-likeness (QED) is 0.474. The largest absolute Gasteiger partial charge is 0.372 e. The molecule has 0 aromatic carbocycles. The van der Waals surface area contributed by atoms with Crippen LogP contribution in [0.1, 0.15) is 12.8 Å². The Bertz CT molecular complexity index is 184. The number of thiocarbonyl (C=S) groups is 1. The maximum atomic E-state index is 5.57. The third-order valence-electron chi connectivity index (χ3n) is 2.54. The van der Waals surface area contributed by atoms with Crippen LogP contribution in [0.15, 0.2) is 0 Å². The van der Waals surface area contributed by atoms with E-state index in [2.05, 4.69) is 10.6 Å². The molecule has 2 aliphatic heterocycles. The van der Waals surface area contributed by atoms with E-state index in [9.17, 15) is 0 Å². The highest BCUT2D eigenvalue weighted by atomic mass is 32.1. The highest BCUT2D eigenvalue weighted by molar-refractivity contribution is 7.80. The number of rotatable bonds is 2. The first-order chi connectivity index (χ1) is 6.34. The minimum atomic E-state index is 0.463. The van der Waals surface area contributed by atoms with Gasteiger partial charge in [-0.25, -0.2) is 0 Å². The molecule has 13 heavy (non-hydrogen) atoms. The smallest absolute Gasteiger partial charge is 0.174 e. The van der Waals surface area contributed by atoms with Crippen LogP contribution in [-0.4, -0.2) is 37.7 Å². The average molecular weight is 202 g/mol. The summed E-state index contributed by atoms with van der Waals surface area (Å²) >= 11 is 4.97. The molecule has 0 aromatic rings. The fourth-order valence-electron chi connectivity index (χ4n) is 1.81. The third kappa shape index (κ3) is 2.52. The van der Waals surface area contributed by atoms with Gasteiger partial charge in [0.2, 0.25) is 0 Å². The van der Waals surface area contributed by atoms with Crippen LogP contribution in [0, 0.1) is 0 Å². The summed E-state index contributed by atoms with van der Waals surface area (Å²) in [6, 6.07) is 0. The Hall–Kier alpha value is -0.390. The lowest BCUT2D eigenvalue weighted by atomic mass is 10.2. The van der Waals surface area contributed by atoms with Crippen molar-refractivity contribution < 1.29 is 9.64 Å². The summed E-state index contributed by atoms with van der Waals surface area (Å²) in [5.74, 6) is 0. The molecule has 0 aromatic heterocycles. The van der Waals surface area contributed by atoms with Gasteiger partial charge in [-0.3, -0.25) is 4.90 Å². The lowest BCUT2D eigenvalue weighted by Gasteiger charge is -2.28. The monoisotopic (exact) mass is 202 g/mol. The molecule has 2 fully saturated rings. The summed E-state index contributed by atoms with van der Waals surface area (Å²) in [7, 11) is 0. The van der Waals surface area contributed by atoms with Gasteiger partial charge in [0.1, 0.15) is 12.6 Å². The van der Waals surface area contributed by atoms with Gasteiger partial charge < -0.3 is 15.4 Å². The van der Waals surface area contributed by atoms with E-state index in [4.69, 9.17) is 17.0 Å². The summed E-state index contributed by atoms with van der Waals surface area (Å²) < 4.78 is 5.57. The molecule has 2 saturated heterocycles. The van der Waals surface area contributed by atoms with Crippen LogP contribution in [0.2, 0.25) is 0 Å². The maximum absolute atomic E-state index is 5.57. The number of nitrogens with one attached hydrogen (secondary N) is 3. The lowest BCUT2D eigenvalue weighted by Crippen LogP contribution is -3.18. The van der Waals surface area contributed by atoms with E-state index in [1.165, 1.54) is 17.7 Å². The van der Waals surface area contributed by atoms with Crippen molar-refractivity contribution >= 4 is 17.3 Å². The van der Waals surface area contributed by atoms with Gasteiger partial charge in [-0.1, -0.05) is 0 Å². The molecule has 1 atom stereocenters. The fraction of sp³-hybridized carbons (Fsp3) is 0.875. The van der Waals surface area contributed by atoms with Crippen molar-refractivity contribution in [1.29, 1.82) is 0 Å². The molecule has 74 valence electrons. The van der Waals surface area contributed by atoms with Gasteiger partial charge >= 0.3 is 0 Å². The SMILES string of the molecule is S=C1NC[NH+](C[C@@H]2CCCO2)CN1. The standard InChI is InChI=1S/C8H15N3OS/c13-8-9-5-11(6-10-8)4-7-2-1-3-12-7/h7H,1-6H2,(H2,9,10,13)/p+1/t7-/m0/s1. The zero-order valence-corrected chi connectivity index (χ0v) is 8.45. The van der Waals surface area contributed by atoms with Crippen LogP contribution in [0.5, 0.6) is 0 Å². The van der Waals surface area contributed by atoms with Crippen molar-refractivity contribution in [1.82, 2.24) is 10.6 Å². The van der Waals surface area contributed by atoms with Gasteiger partial charge in [-0.15, -0.1) is 0 Å². The van der Waals surface area contributed by atoms with Gasteiger partial charge in [0.05, 0.1) is 0 Å². The fourth-order valence-corrected chi connectivity index (χ4v) is 1.95. The third-order valence-corrected chi connectivity index (χ3v) is 2.83. The van der Waals surface area contributed by atoms with E-state index < -0.39 is 0 Å². The van der Waals surface area contributed by atoms with Gasteiger partial charge in [0.25, 0.3) is 0 Å². The van der Waals surface area contributed by atoms with Gasteiger partial charge in [0.15, 0.2) is 18.4 Å². The van der Waals surface area contributed by atoms with Crippen molar-refractivity contribution in [2.45, 2.75) is 18.9 Å². The van der Waals surface area contributed by atoms with E-state index in [1.807, 2.05) is 0 Å². The predicted octanol–water partition coefficient (Wildman–Crippen LogP) is -1.56. The minimum absolute atomic E-state index is 0.463. The van der Waals surface area contributed by atoms with Crippen LogP contribution in [-0.2, 0) is 4.74 Å². The first-order valence-electron chi connectivity index (χ1n) is 4.81. The average Bonchev–Trinajstić information content (AvgIpc) is 2.62. The number of ether oxygens (including phenoxy) is 1. The normalized spacial score (nSPS) is 29.8. The number of hydrogen-bond donors (Lipinski definition) is 3. The molecule has 4 nitrogen and oxygen atoms in total. The Morgan fingerprint density at radius 2 is 2.23 bits per heavy atom. The van der Waals surface area contributed by atoms with E-state index in [-0.39, 0.29) is 0 Å². The Balaban J connectivity index is 1.72. The summed E-state index contributed by atoms with van der Waals surface area (Å²) in [4.78, 5) is 1.47. The Morgan fingerprint density at radius 1 is 1.46 bits per heavy atom. The van der Waals surface area contributed by atoms with Crippen LogP contribution in [0.4, 0.5) is 0 Å². The van der Waals surface area contributed by atoms with Gasteiger partial charge in [0, 0.05) is 6.61 Å². The summed E-state index contributed by atoms with van der Waals surface area (Å²) in [6.45, 7) is 3.87. The Labute approximate surface area is 83.6 Å². The molecule has 0 unspecified atom stereocenters. The Kier molecular flexibility index (Phi) is 2.97. The molecule has 2 rings (SSSR count).